The SMILES string of the molecule is CCC/C=C/CCCCCCCCCCC1NC=CN1C(C)N. The number of allylic oxidation sites excluding steroid dienone is 2. The minimum Gasteiger partial charge on any atom is -0.370 e. The molecule has 0 saturated carbocycles. The molecule has 134 valence electrons. The number of nitrogens with zero attached hydrogens (tertiary/aromatic N) is 1. The third-order valence-electron chi connectivity index (χ3n) is 4.59. The van der Waals surface area contributed by atoms with E-state index in [2.05, 4.69) is 35.5 Å². The Morgan fingerprint density at radius 1 is 1.00 bits per heavy atom. The molecule has 0 saturated heterocycles. The fourth-order valence-electron chi connectivity index (χ4n) is 3.15. The van der Waals surface area contributed by atoms with Gasteiger partial charge in [-0.1, -0.05) is 64.0 Å². The Morgan fingerprint density at radius 2 is 1.61 bits per heavy atom. The Kier molecular flexibility index (Phi) is 11.8. The van der Waals surface area contributed by atoms with Crippen molar-refractivity contribution in [2.45, 2.75) is 103 Å². The molecule has 0 amide bonds. The second-order valence-electron chi connectivity index (χ2n) is 6.85. The predicted octanol–water partition coefficient (Wildman–Crippen LogP) is 5.25. The topological polar surface area (TPSA) is 41.3 Å². The van der Waals surface area contributed by atoms with Gasteiger partial charge in [-0.05, 0) is 39.0 Å². The van der Waals surface area contributed by atoms with Crippen LogP contribution in [0, 0.1) is 0 Å². The van der Waals surface area contributed by atoms with Crippen LogP contribution in [0.3, 0.4) is 0 Å². The standard InChI is InChI=1S/C20H39N3/c1-3-4-5-6-7-8-9-10-11-12-13-14-15-16-20-22-17-18-23(20)19(2)21/h5-6,17-20,22H,3-4,7-16,21H2,1-2H3/b6-5+. The molecule has 0 aromatic rings. The summed E-state index contributed by atoms with van der Waals surface area (Å²) in [6.07, 6.45) is 25.3. The zero-order valence-corrected chi connectivity index (χ0v) is 15.5. The van der Waals surface area contributed by atoms with Gasteiger partial charge in [0, 0.05) is 12.4 Å². The van der Waals surface area contributed by atoms with Crippen LogP contribution in [0.5, 0.6) is 0 Å². The van der Waals surface area contributed by atoms with Crippen LogP contribution in [0.25, 0.3) is 0 Å². The van der Waals surface area contributed by atoms with Crippen LogP contribution in [-0.2, 0) is 0 Å². The summed E-state index contributed by atoms with van der Waals surface area (Å²) in [6.45, 7) is 4.28. The van der Waals surface area contributed by atoms with Gasteiger partial charge in [0.1, 0.15) is 0 Å². The first-order valence-electron chi connectivity index (χ1n) is 9.86. The van der Waals surface area contributed by atoms with Crippen LogP contribution in [0.2, 0.25) is 0 Å². The van der Waals surface area contributed by atoms with Crippen molar-refractivity contribution < 1.29 is 0 Å². The molecule has 3 heteroatoms. The summed E-state index contributed by atoms with van der Waals surface area (Å²) in [5.74, 6) is 0. The minimum atomic E-state index is 0.100. The normalized spacial score (nSPS) is 18.7. The lowest BCUT2D eigenvalue weighted by atomic mass is 10.1. The average molecular weight is 322 g/mol. The highest BCUT2D eigenvalue weighted by molar-refractivity contribution is 4.95. The van der Waals surface area contributed by atoms with E-state index in [-0.39, 0.29) is 6.17 Å². The molecule has 3 N–H and O–H groups in total. The van der Waals surface area contributed by atoms with Crippen molar-refractivity contribution in [2.24, 2.45) is 5.73 Å². The largest absolute Gasteiger partial charge is 0.370 e. The summed E-state index contributed by atoms with van der Waals surface area (Å²) in [6, 6.07) is 0. The predicted molar refractivity (Wildman–Crippen MR) is 102 cm³/mol. The summed E-state index contributed by atoms with van der Waals surface area (Å²) in [5, 5.41) is 3.39. The molecular formula is C20H39N3. The van der Waals surface area contributed by atoms with Crippen LogP contribution < -0.4 is 11.1 Å². The monoisotopic (exact) mass is 321 g/mol. The van der Waals surface area contributed by atoms with Gasteiger partial charge in [-0.2, -0.15) is 0 Å². The van der Waals surface area contributed by atoms with E-state index >= 15 is 0 Å². The number of unbranched alkanes of at least 4 members (excludes halogenated alkanes) is 9. The van der Waals surface area contributed by atoms with Gasteiger partial charge in [-0.3, -0.25) is 0 Å². The lowest BCUT2D eigenvalue weighted by Crippen LogP contribution is -2.44. The van der Waals surface area contributed by atoms with Gasteiger partial charge in [0.2, 0.25) is 0 Å². The highest BCUT2D eigenvalue weighted by atomic mass is 15.3. The van der Waals surface area contributed by atoms with Crippen molar-refractivity contribution in [1.29, 1.82) is 0 Å². The third kappa shape index (κ3) is 9.70. The maximum atomic E-state index is 5.96. The Morgan fingerprint density at radius 3 is 2.26 bits per heavy atom. The summed E-state index contributed by atoms with van der Waals surface area (Å²) in [5.41, 5.74) is 5.96. The first kappa shape index (κ1) is 20.1. The molecule has 3 nitrogen and oxygen atoms in total. The van der Waals surface area contributed by atoms with E-state index in [1.807, 2.05) is 13.1 Å². The highest BCUT2D eigenvalue weighted by Crippen LogP contribution is 2.16. The Hall–Kier alpha value is -0.960. The van der Waals surface area contributed by atoms with E-state index < -0.39 is 0 Å². The molecule has 1 aliphatic heterocycles. The van der Waals surface area contributed by atoms with E-state index in [1.54, 1.807) is 0 Å². The van der Waals surface area contributed by atoms with Crippen molar-refractivity contribution >= 4 is 0 Å². The molecule has 0 aromatic carbocycles. The van der Waals surface area contributed by atoms with Crippen LogP contribution in [0.1, 0.15) is 90.9 Å². The quantitative estimate of drug-likeness (QED) is 0.339. The van der Waals surface area contributed by atoms with Crippen molar-refractivity contribution in [2.75, 3.05) is 0 Å². The first-order chi connectivity index (χ1) is 11.3. The zero-order chi connectivity index (χ0) is 16.8. The molecule has 0 fully saturated rings. The fraction of sp³-hybridized carbons (Fsp3) is 0.800. The van der Waals surface area contributed by atoms with E-state index in [0.29, 0.717) is 6.17 Å². The van der Waals surface area contributed by atoms with Crippen molar-refractivity contribution in [3.05, 3.63) is 24.6 Å². The molecule has 0 radical (unpaired) electrons. The van der Waals surface area contributed by atoms with Gasteiger partial charge >= 0.3 is 0 Å². The lowest BCUT2D eigenvalue weighted by molar-refractivity contribution is 0.208. The Balaban J connectivity index is 1.83. The smallest absolute Gasteiger partial charge is 0.0995 e. The number of hydrogen-bond acceptors (Lipinski definition) is 3. The third-order valence-corrected chi connectivity index (χ3v) is 4.59. The van der Waals surface area contributed by atoms with Crippen molar-refractivity contribution in [3.8, 4) is 0 Å². The van der Waals surface area contributed by atoms with Crippen molar-refractivity contribution in [3.63, 3.8) is 0 Å². The number of rotatable bonds is 14. The lowest BCUT2D eigenvalue weighted by Gasteiger charge is -2.28. The van der Waals surface area contributed by atoms with E-state index in [0.717, 1.165) is 0 Å². The van der Waals surface area contributed by atoms with Crippen LogP contribution in [0.4, 0.5) is 0 Å². The highest BCUT2D eigenvalue weighted by Gasteiger charge is 2.20. The average Bonchev–Trinajstić information content (AvgIpc) is 3.00. The molecule has 0 aromatic heterocycles. The number of nitrogens with two attached hydrogens (primary N) is 1. The summed E-state index contributed by atoms with van der Waals surface area (Å²) in [7, 11) is 0. The first-order valence-corrected chi connectivity index (χ1v) is 9.86. The van der Waals surface area contributed by atoms with Crippen molar-refractivity contribution in [1.82, 2.24) is 10.2 Å². The number of hydrogen-bond donors (Lipinski definition) is 2. The summed E-state index contributed by atoms with van der Waals surface area (Å²) in [4.78, 5) is 2.22. The molecule has 0 aliphatic carbocycles. The van der Waals surface area contributed by atoms with Crippen LogP contribution in [0.15, 0.2) is 24.6 Å². The second kappa shape index (κ2) is 13.5. The van der Waals surface area contributed by atoms with Crippen LogP contribution in [-0.4, -0.2) is 17.2 Å². The number of nitrogens with one attached hydrogen (secondary N) is 1. The van der Waals surface area contributed by atoms with Gasteiger partial charge in [-0.25, -0.2) is 0 Å². The van der Waals surface area contributed by atoms with Gasteiger partial charge in [-0.15, -0.1) is 0 Å². The second-order valence-corrected chi connectivity index (χ2v) is 6.85. The van der Waals surface area contributed by atoms with Crippen LogP contribution >= 0.6 is 0 Å². The van der Waals surface area contributed by atoms with Gasteiger partial charge in [0.25, 0.3) is 0 Å². The summed E-state index contributed by atoms with van der Waals surface area (Å²) >= 11 is 0. The van der Waals surface area contributed by atoms with E-state index in [9.17, 15) is 0 Å². The van der Waals surface area contributed by atoms with E-state index in [1.165, 1.54) is 77.0 Å². The Labute approximate surface area is 144 Å². The molecule has 0 bridgehead atoms. The van der Waals surface area contributed by atoms with Gasteiger partial charge in [0.05, 0.1) is 12.3 Å². The van der Waals surface area contributed by atoms with Gasteiger partial charge in [0.15, 0.2) is 0 Å². The molecule has 1 aliphatic rings. The molecule has 23 heavy (non-hydrogen) atoms. The Bertz CT molecular complexity index is 323. The van der Waals surface area contributed by atoms with Gasteiger partial charge < -0.3 is 16.0 Å². The maximum absolute atomic E-state index is 5.96. The molecule has 0 spiro atoms. The van der Waals surface area contributed by atoms with E-state index in [4.69, 9.17) is 5.73 Å². The molecule has 2 unspecified atom stereocenters. The maximum Gasteiger partial charge on any atom is 0.0995 e. The minimum absolute atomic E-state index is 0.100. The fourth-order valence-corrected chi connectivity index (χ4v) is 3.15. The molecule has 1 heterocycles. The zero-order valence-electron chi connectivity index (χ0n) is 15.5. The molecule has 2 atom stereocenters. The molecule has 1 rings (SSSR count). The summed E-state index contributed by atoms with van der Waals surface area (Å²) < 4.78 is 0. The molecular weight excluding hydrogens is 282 g/mol.